The number of rotatable bonds is 17. The summed E-state index contributed by atoms with van der Waals surface area (Å²) in [7, 11) is 1.20. The van der Waals surface area contributed by atoms with Crippen LogP contribution >= 0.6 is 11.3 Å². The van der Waals surface area contributed by atoms with Gasteiger partial charge in [0.1, 0.15) is 17.1 Å². The number of carbonyl (C=O) groups is 6. The number of thiophene rings is 1. The van der Waals surface area contributed by atoms with Crippen molar-refractivity contribution in [3.63, 3.8) is 0 Å². The summed E-state index contributed by atoms with van der Waals surface area (Å²) in [5, 5.41) is 22.9. The molecule has 0 aliphatic rings. The summed E-state index contributed by atoms with van der Waals surface area (Å²) >= 11 is 0.927. The Balaban J connectivity index is 2.10. The molecular weight excluding hydrogens is 675 g/mol. The maximum Gasteiger partial charge on any atom is 0.341 e. The van der Waals surface area contributed by atoms with E-state index >= 15 is 0 Å². The summed E-state index contributed by atoms with van der Waals surface area (Å²) in [4.78, 5) is 78.4. The van der Waals surface area contributed by atoms with E-state index in [-0.39, 0.29) is 46.3 Å². The highest BCUT2D eigenvalue weighted by Crippen LogP contribution is 2.35. The molecule has 14 nitrogen and oxygen atoms in total. The van der Waals surface area contributed by atoms with Gasteiger partial charge in [0.25, 0.3) is 5.91 Å². The molecule has 0 fully saturated rings. The van der Waals surface area contributed by atoms with E-state index < -0.39 is 59.5 Å². The van der Waals surface area contributed by atoms with Crippen molar-refractivity contribution in [1.29, 1.82) is 5.26 Å². The third-order valence-electron chi connectivity index (χ3n) is 8.37. The quantitative estimate of drug-likeness (QED) is 0.104. The van der Waals surface area contributed by atoms with E-state index in [0.717, 1.165) is 11.3 Å². The first-order valence-corrected chi connectivity index (χ1v) is 17.7. The fourth-order valence-corrected chi connectivity index (χ4v) is 6.26. The Hall–Kier alpha value is -4.81. The average Bonchev–Trinajstić information content (AvgIpc) is 3.41. The lowest BCUT2D eigenvalue weighted by Crippen LogP contribution is -2.59. The van der Waals surface area contributed by atoms with Crippen molar-refractivity contribution in [2.75, 3.05) is 25.5 Å². The number of nitrogens with one attached hydrogen (secondary N) is 5. The molecule has 4 atom stereocenters. The van der Waals surface area contributed by atoms with Crippen LogP contribution in [0.5, 0.6) is 0 Å². The fraction of sp³-hybridized carbons (Fsp3) is 0.528. The topological polar surface area (TPSA) is 222 Å². The molecule has 5 amide bonds. The predicted octanol–water partition coefficient (Wildman–Crippen LogP) is 2.96. The van der Waals surface area contributed by atoms with Gasteiger partial charge in [-0.3, -0.25) is 24.0 Å². The Labute approximate surface area is 303 Å². The fourth-order valence-electron chi connectivity index (χ4n) is 5.14. The average molecular weight is 726 g/mol. The second-order valence-electron chi connectivity index (χ2n) is 13.2. The zero-order valence-corrected chi connectivity index (χ0v) is 31.6. The summed E-state index contributed by atoms with van der Waals surface area (Å²) in [6.45, 7) is 14.2. The van der Waals surface area contributed by atoms with E-state index in [1.807, 2.05) is 13.0 Å². The number of hydrogen-bond acceptors (Lipinski definition) is 10. The number of methoxy groups -OCH3 is 1. The minimum Gasteiger partial charge on any atom is -0.465 e. The molecular formula is C36H51N7O7S. The summed E-state index contributed by atoms with van der Waals surface area (Å²) in [6, 6.07) is 6.08. The molecule has 2 rings (SSSR count). The minimum absolute atomic E-state index is 0.0181. The van der Waals surface area contributed by atoms with E-state index in [1.54, 1.807) is 72.7 Å². The summed E-state index contributed by atoms with van der Waals surface area (Å²) in [6.07, 6.45) is 0.442. The van der Waals surface area contributed by atoms with Crippen molar-refractivity contribution in [2.45, 2.75) is 85.9 Å². The molecule has 2 aromatic rings. The SMILES string of the molecule is CCC(C(=O)Nc1sc(C(=O)NCCNC(=O)C(NC(=O)C(NC(=O)C(N)C(C)C)C(C)C)C(C)C)c(C)c1C(=O)OC)c1ccc(C#N)cc1. The molecule has 0 saturated heterocycles. The van der Waals surface area contributed by atoms with E-state index in [2.05, 4.69) is 26.6 Å². The van der Waals surface area contributed by atoms with E-state index in [1.165, 1.54) is 7.11 Å². The molecule has 7 N–H and O–H groups in total. The minimum atomic E-state index is -0.922. The maximum absolute atomic E-state index is 13.4. The molecule has 51 heavy (non-hydrogen) atoms. The molecule has 1 aromatic carbocycles. The van der Waals surface area contributed by atoms with E-state index in [4.69, 9.17) is 15.7 Å². The predicted molar refractivity (Wildman–Crippen MR) is 195 cm³/mol. The molecule has 1 heterocycles. The Bertz CT molecular complexity index is 1610. The monoisotopic (exact) mass is 725 g/mol. The Morgan fingerprint density at radius 1 is 0.824 bits per heavy atom. The number of benzene rings is 1. The van der Waals surface area contributed by atoms with Gasteiger partial charge in [-0.25, -0.2) is 4.79 Å². The van der Waals surface area contributed by atoms with E-state index in [0.29, 0.717) is 23.1 Å². The van der Waals surface area contributed by atoms with Gasteiger partial charge in [-0.2, -0.15) is 5.26 Å². The molecule has 1 aromatic heterocycles. The molecule has 4 unspecified atom stereocenters. The summed E-state index contributed by atoms with van der Waals surface area (Å²) in [5.74, 6) is -4.37. The first kappa shape index (κ1) is 42.4. The third-order valence-corrected chi connectivity index (χ3v) is 9.58. The lowest BCUT2D eigenvalue weighted by atomic mass is 9.95. The lowest BCUT2D eigenvalue weighted by molar-refractivity contribution is -0.134. The van der Waals surface area contributed by atoms with Gasteiger partial charge in [-0.1, -0.05) is 60.6 Å². The van der Waals surface area contributed by atoms with Gasteiger partial charge in [0, 0.05) is 13.1 Å². The number of ether oxygens (including phenoxy) is 1. The molecule has 0 aliphatic heterocycles. The Kier molecular flexibility index (Phi) is 16.2. The Morgan fingerprint density at radius 2 is 1.37 bits per heavy atom. The number of anilines is 1. The van der Waals surface area contributed by atoms with Gasteiger partial charge < -0.3 is 37.1 Å². The van der Waals surface area contributed by atoms with Crippen molar-refractivity contribution >= 4 is 51.8 Å². The first-order chi connectivity index (χ1) is 24.0. The number of nitrogens with two attached hydrogens (primary N) is 1. The standard InChI is InChI=1S/C36H51N7O7S/c1-10-24(23-13-11-22(17-37)12-14-23)30(44)43-35-25(36(49)50-9)21(8)29(51-35)34(48)40-16-15-39-32(46)27(19(4)5)42-33(47)28(20(6)7)41-31(45)26(38)18(2)3/h11-14,18-20,24,26-28H,10,15-16,38H2,1-9H3,(H,39,46)(H,40,48)(H,41,45)(H,42,47)(H,43,44). The van der Waals surface area contributed by atoms with E-state index in [9.17, 15) is 28.8 Å². The van der Waals surface area contributed by atoms with Crippen LogP contribution in [0.25, 0.3) is 0 Å². The van der Waals surface area contributed by atoms with Crippen LogP contribution in [0.3, 0.4) is 0 Å². The van der Waals surface area contributed by atoms with Crippen LogP contribution in [-0.2, 0) is 23.9 Å². The molecule has 0 radical (unpaired) electrons. The van der Waals surface area contributed by atoms with Gasteiger partial charge in [0.15, 0.2) is 0 Å². The number of amides is 5. The number of esters is 1. The van der Waals surface area contributed by atoms with Crippen molar-refractivity contribution in [3.05, 3.63) is 51.4 Å². The van der Waals surface area contributed by atoms with Crippen LogP contribution < -0.4 is 32.3 Å². The molecule has 278 valence electrons. The normalized spacial score (nSPS) is 13.4. The third kappa shape index (κ3) is 11.3. The molecule has 0 spiro atoms. The van der Waals surface area contributed by atoms with Gasteiger partial charge in [-0.05, 0) is 54.4 Å². The lowest BCUT2D eigenvalue weighted by Gasteiger charge is -2.28. The van der Waals surface area contributed by atoms with Crippen LogP contribution in [0, 0.1) is 36.0 Å². The zero-order chi connectivity index (χ0) is 38.6. The first-order valence-electron chi connectivity index (χ1n) is 16.9. The van der Waals surface area contributed by atoms with Gasteiger partial charge in [-0.15, -0.1) is 11.3 Å². The van der Waals surface area contributed by atoms with Crippen LogP contribution in [0.1, 0.15) is 97.5 Å². The van der Waals surface area contributed by atoms with Crippen molar-refractivity contribution in [2.24, 2.45) is 23.5 Å². The number of hydrogen-bond donors (Lipinski definition) is 6. The van der Waals surface area contributed by atoms with Crippen LogP contribution in [0.15, 0.2) is 24.3 Å². The number of nitrogens with zero attached hydrogens (tertiary/aromatic N) is 1. The number of nitriles is 1. The highest BCUT2D eigenvalue weighted by molar-refractivity contribution is 7.18. The van der Waals surface area contributed by atoms with Crippen molar-refractivity contribution < 1.29 is 33.5 Å². The highest BCUT2D eigenvalue weighted by atomic mass is 32.1. The molecule has 0 aliphatic carbocycles. The smallest absolute Gasteiger partial charge is 0.341 e. The largest absolute Gasteiger partial charge is 0.465 e. The van der Waals surface area contributed by atoms with Gasteiger partial charge in [0.2, 0.25) is 23.6 Å². The Morgan fingerprint density at radius 3 is 1.88 bits per heavy atom. The van der Waals surface area contributed by atoms with Crippen LogP contribution in [-0.4, -0.2) is 73.8 Å². The van der Waals surface area contributed by atoms with Crippen LogP contribution in [0.4, 0.5) is 5.00 Å². The maximum atomic E-state index is 13.4. The highest BCUT2D eigenvalue weighted by Gasteiger charge is 2.32. The van der Waals surface area contributed by atoms with Crippen molar-refractivity contribution in [3.8, 4) is 6.07 Å². The second-order valence-corrected chi connectivity index (χ2v) is 14.2. The molecule has 15 heteroatoms. The van der Waals surface area contributed by atoms with Crippen molar-refractivity contribution in [1.82, 2.24) is 21.3 Å². The van der Waals surface area contributed by atoms with Gasteiger partial charge in [0.05, 0.1) is 41.1 Å². The molecule has 0 saturated carbocycles. The summed E-state index contributed by atoms with van der Waals surface area (Å²) < 4.78 is 4.94. The second kappa shape index (κ2) is 19.5. The summed E-state index contributed by atoms with van der Waals surface area (Å²) in [5.41, 5.74) is 7.48. The molecule has 0 bridgehead atoms. The van der Waals surface area contributed by atoms with Crippen LogP contribution in [0.2, 0.25) is 0 Å². The zero-order valence-electron chi connectivity index (χ0n) is 30.8. The van der Waals surface area contributed by atoms with Gasteiger partial charge >= 0.3 is 5.97 Å². The number of carbonyl (C=O) groups excluding carboxylic acids is 6.